The van der Waals surface area contributed by atoms with Gasteiger partial charge in [0.2, 0.25) is 5.96 Å². The van der Waals surface area contributed by atoms with Gasteiger partial charge in [-0.25, -0.2) is 14.5 Å². The van der Waals surface area contributed by atoms with E-state index >= 15 is 0 Å². The third-order valence-electron chi connectivity index (χ3n) is 3.30. The molecule has 2 N–H and O–H groups in total. The Hall–Kier alpha value is -2.29. The maximum Gasteiger partial charge on any atom is 0.417 e. The molecule has 1 aromatic carbocycles. The molecule has 0 atom stereocenters. The van der Waals surface area contributed by atoms with Crippen molar-refractivity contribution < 1.29 is 23.8 Å². The number of halogens is 1. The van der Waals surface area contributed by atoms with Crippen molar-refractivity contribution in [2.75, 3.05) is 6.61 Å². The molecule has 0 unspecified atom stereocenters. The highest BCUT2D eigenvalue weighted by Gasteiger charge is 2.28. The monoisotopic (exact) mass is 485 g/mol. The van der Waals surface area contributed by atoms with E-state index in [0.29, 0.717) is 17.9 Å². The molecule has 0 saturated heterocycles. The summed E-state index contributed by atoms with van der Waals surface area (Å²) in [6, 6.07) is 5.37. The maximum atomic E-state index is 12.7. The van der Waals surface area contributed by atoms with Gasteiger partial charge in [0, 0.05) is 0 Å². The van der Waals surface area contributed by atoms with Crippen molar-refractivity contribution in [2.45, 2.75) is 72.6 Å². The smallest absolute Gasteiger partial charge is 0.417 e. The second-order valence-corrected chi connectivity index (χ2v) is 9.51. The van der Waals surface area contributed by atoms with Gasteiger partial charge in [-0.2, -0.15) is 0 Å². The van der Waals surface area contributed by atoms with E-state index in [9.17, 15) is 9.59 Å². The van der Waals surface area contributed by atoms with Crippen LogP contribution in [-0.2, 0) is 16.0 Å². The van der Waals surface area contributed by atoms with Gasteiger partial charge >= 0.3 is 12.2 Å². The fourth-order valence-electron chi connectivity index (χ4n) is 2.17. The molecule has 168 valence electrons. The summed E-state index contributed by atoms with van der Waals surface area (Å²) in [6.45, 7) is 12.9. The predicted molar refractivity (Wildman–Crippen MR) is 119 cm³/mol. The van der Waals surface area contributed by atoms with Crippen LogP contribution in [0.4, 0.5) is 9.59 Å². The lowest BCUT2D eigenvalue weighted by Crippen LogP contribution is -2.49. The molecule has 0 radical (unpaired) electrons. The largest absolute Gasteiger partial charge is 0.492 e. The number of amides is 2. The van der Waals surface area contributed by atoms with Crippen LogP contribution in [0.25, 0.3) is 0 Å². The van der Waals surface area contributed by atoms with E-state index in [1.165, 1.54) is 0 Å². The zero-order valence-corrected chi connectivity index (χ0v) is 20.3. The van der Waals surface area contributed by atoms with E-state index < -0.39 is 29.3 Å². The molecule has 0 spiro atoms. The van der Waals surface area contributed by atoms with Crippen molar-refractivity contribution in [3.05, 3.63) is 28.2 Å². The normalized spacial score (nSPS) is 11.5. The number of rotatable bonds is 5. The van der Waals surface area contributed by atoms with Crippen molar-refractivity contribution in [3.63, 3.8) is 0 Å². The Morgan fingerprint density at radius 3 is 2.20 bits per heavy atom. The van der Waals surface area contributed by atoms with E-state index in [0.717, 1.165) is 15.8 Å². The number of hydrogen-bond donors (Lipinski definition) is 2. The summed E-state index contributed by atoms with van der Waals surface area (Å²) in [4.78, 5) is 25.8. The number of hydrogen-bond acceptors (Lipinski definition) is 6. The molecule has 2 amide bonds. The van der Waals surface area contributed by atoms with Gasteiger partial charge in [-0.15, -0.1) is 0 Å². The van der Waals surface area contributed by atoms with Crippen molar-refractivity contribution in [1.82, 2.24) is 10.2 Å². The Morgan fingerprint density at radius 1 is 1.10 bits per heavy atom. The number of nitrogens with zero attached hydrogens (tertiary/aromatic N) is 1. The van der Waals surface area contributed by atoms with Crippen molar-refractivity contribution in [3.8, 4) is 5.75 Å². The molecule has 1 aromatic rings. The van der Waals surface area contributed by atoms with Gasteiger partial charge in [0.05, 0.1) is 17.6 Å². The number of carbonyl (C=O) groups is 2. The summed E-state index contributed by atoms with van der Waals surface area (Å²) in [7, 11) is 0. The zero-order chi connectivity index (χ0) is 23.1. The van der Waals surface area contributed by atoms with E-state index in [1.54, 1.807) is 59.7 Å². The Labute approximate surface area is 186 Å². The summed E-state index contributed by atoms with van der Waals surface area (Å²) < 4.78 is 16.9. The van der Waals surface area contributed by atoms with Gasteiger partial charge in [-0.1, -0.05) is 13.0 Å². The van der Waals surface area contributed by atoms with Crippen LogP contribution in [0.15, 0.2) is 22.7 Å². The van der Waals surface area contributed by atoms with Crippen molar-refractivity contribution >= 4 is 34.1 Å². The molecule has 0 aliphatic heterocycles. The minimum atomic E-state index is -0.828. The zero-order valence-electron chi connectivity index (χ0n) is 18.7. The predicted octanol–water partition coefficient (Wildman–Crippen LogP) is 5.43. The van der Waals surface area contributed by atoms with E-state index in [1.807, 2.05) is 6.92 Å². The number of benzene rings is 1. The van der Waals surface area contributed by atoms with Crippen LogP contribution in [0.2, 0.25) is 0 Å². The Bertz CT molecular complexity index is 769. The highest BCUT2D eigenvalue weighted by Crippen LogP contribution is 2.27. The highest BCUT2D eigenvalue weighted by molar-refractivity contribution is 9.10. The Kier molecular flexibility index (Phi) is 9.14. The first kappa shape index (κ1) is 25.7. The topological polar surface area (TPSA) is 101 Å². The first-order chi connectivity index (χ1) is 13.7. The van der Waals surface area contributed by atoms with Crippen molar-refractivity contribution in [1.29, 1.82) is 5.41 Å². The Balaban J connectivity index is 3.04. The van der Waals surface area contributed by atoms with Crippen LogP contribution in [-0.4, -0.2) is 40.9 Å². The molecular weight excluding hydrogens is 454 g/mol. The molecule has 0 heterocycles. The maximum absolute atomic E-state index is 12.7. The lowest BCUT2D eigenvalue weighted by atomic mass is 10.2. The van der Waals surface area contributed by atoms with Crippen LogP contribution < -0.4 is 10.1 Å². The summed E-state index contributed by atoms with van der Waals surface area (Å²) >= 11 is 3.46. The summed E-state index contributed by atoms with van der Waals surface area (Å²) in [5.41, 5.74) is -0.785. The molecule has 0 saturated carbocycles. The van der Waals surface area contributed by atoms with Crippen LogP contribution in [0.3, 0.4) is 0 Å². The molecular formula is C21H32BrN3O5. The van der Waals surface area contributed by atoms with E-state index in [2.05, 4.69) is 21.2 Å². The number of nitrogens with one attached hydrogen (secondary N) is 2. The summed E-state index contributed by atoms with van der Waals surface area (Å²) in [6.07, 6.45) is -0.703. The lowest BCUT2D eigenvalue weighted by Gasteiger charge is -2.28. The first-order valence-electron chi connectivity index (χ1n) is 9.72. The van der Waals surface area contributed by atoms with Crippen LogP contribution in [0, 0.1) is 5.41 Å². The van der Waals surface area contributed by atoms with E-state index in [-0.39, 0.29) is 6.54 Å². The number of ether oxygens (including phenoxy) is 3. The highest BCUT2D eigenvalue weighted by atomic mass is 79.9. The second kappa shape index (κ2) is 10.7. The minimum absolute atomic E-state index is 0.0101. The lowest BCUT2D eigenvalue weighted by molar-refractivity contribution is 0.0346. The SMILES string of the molecule is CCCOc1ccc(CN(C(=N)NC(=O)OC(C)(C)C)C(=O)OC(C)(C)C)cc1Br. The molecule has 0 aliphatic carbocycles. The fourth-order valence-corrected chi connectivity index (χ4v) is 2.71. The van der Waals surface area contributed by atoms with Crippen molar-refractivity contribution in [2.24, 2.45) is 0 Å². The summed E-state index contributed by atoms with van der Waals surface area (Å²) in [5.74, 6) is 0.243. The second-order valence-electron chi connectivity index (χ2n) is 8.66. The van der Waals surface area contributed by atoms with Gasteiger partial charge in [-0.3, -0.25) is 10.7 Å². The van der Waals surface area contributed by atoms with Crippen LogP contribution in [0.5, 0.6) is 5.75 Å². The molecule has 0 bridgehead atoms. The average Bonchev–Trinajstić information content (AvgIpc) is 2.55. The number of carbonyl (C=O) groups excluding carboxylic acids is 2. The summed E-state index contributed by atoms with van der Waals surface area (Å²) in [5, 5.41) is 10.5. The minimum Gasteiger partial charge on any atom is -0.492 e. The van der Waals surface area contributed by atoms with Gasteiger partial charge in [0.25, 0.3) is 0 Å². The van der Waals surface area contributed by atoms with Gasteiger partial charge in [-0.05, 0) is 81.6 Å². The quantitative estimate of drug-likeness (QED) is 0.427. The van der Waals surface area contributed by atoms with Gasteiger partial charge < -0.3 is 14.2 Å². The molecule has 0 fully saturated rings. The number of guanidine groups is 1. The molecule has 0 aromatic heterocycles. The van der Waals surface area contributed by atoms with Gasteiger partial charge in [0.1, 0.15) is 17.0 Å². The fraction of sp³-hybridized carbons (Fsp3) is 0.571. The molecule has 8 nitrogen and oxygen atoms in total. The molecule has 0 aliphatic rings. The third kappa shape index (κ3) is 9.47. The molecule has 9 heteroatoms. The standard InChI is InChI=1S/C21H32BrN3O5/c1-8-11-28-16-10-9-14(12-15(16)22)13-25(19(27)30-21(5,6)7)17(23)24-18(26)29-20(2,3)4/h9-10,12H,8,11,13H2,1-7H3,(H2,23,24,26). The van der Waals surface area contributed by atoms with E-state index in [4.69, 9.17) is 19.6 Å². The molecule has 30 heavy (non-hydrogen) atoms. The third-order valence-corrected chi connectivity index (χ3v) is 3.92. The van der Waals surface area contributed by atoms with Crippen LogP contribution >= 0.6 is 15.9 Å². The molecule has 1 rings (SSSR count). The Morgan fingerprint density at radius 2 is 1.70 bits per heavy atom. The average molecular weight is 486 g/mol. The van der Waals surface area contributed by atoms with Gasteiger partial charge in [0.15, 0.2) is 0 Å². The van der Waals surface area contributed by atoms with Crippen LogP contribution in [0.1, 0.15) is 60.5 Å². The number of alkyl carbamates (subject to hydrolysis) is 1. The first-order valence-corrected chi connectivity index (χ1v) is 10.5.